The molecule has 3 aromatic rings. The first kappa shape index (κ1) is 21.0. The summed E-state index contributed by atoms with van der Waals surface area (Å²) in [6, 6.07) is 17.1. The molecule has 0 spiro atoms. The number of halogens is 1. The maximum absolute atomic E-state index is 13.2. The van der Waals surface area contributed by atoms with Gasteiger partial charge in [0, 0.05) is 18.4 Å². The van der Waals surface area contributed by atoms with Gasteiger partial charge in [0.1, 0.15) is 17.1 Å². The van der Waals surface area contributed by atoms with Gasteiger partial charge in [-0.15, -0.1) is 0 Å². The number of para-hydroxylation sites is 1. The highest BCUT2D eigenvalue weighted by molar-refractivity contribution is 6.39. The van der Waals surface area contributed by atoms with Crippen molar-refractivity contribution in [2.24, 2.45) is 0 Å². The van der Waals surface area contributed by atoms with E-state index in [1.165, 1.54) is 18.2 Å². The van der Waals surface area contributed by atoms with Crippen molar-refractivity contribution < 1.29 is 23.5 Å². The van der Waals surface area contributed by atoms with Crippen LogP contribution in [0.25, 0.3) is 6.08 Å². The SMILES string of the molecule is O=C1NC(=O)N(c2ccc(F)cc2)C(=O)/C1=C\c1cccn1CCCOc1ccccc1. The molecule has 0 aliphatic carbocycles. The highest BCUT2D eigenvalue weighted by atomic mass is 19.1. The van der Waals surface area contributed by atoms with Gasteiger partial charge in [-0.25, -0.2) is 14.1 Å². The van der Waals surface area contributed by atoms with Crippen LogP contribution in [0.4, 0.5) is 14.9 Å². The van der Waals surface area contributed by atoms with E-state index in [4.69, 9.17) is 4.74 Å². The molecular weight excluding hydrogens is 413 g/mol. The normalized spacial score (nSPS) is 15.2. The second-order valence-electron chi connectivity index (χ2n) is 7.08. The van der Waals surface area contributed by atoms with E-state index in [-0.39, 0.29) is 11.3 Å². The molecule has 0 unspecified atom stereocenters. The standard InChI is InChI=1S/C24H20FN3O4/c25-17-9-11-18(12-10-17)28-23(30)21(22(29)26-24(28)31)16-19-6-4-13-27(19)14-5-15-32-20-7-2-1-3-8-20/h1-4,6-13,16H,5,14-15H2,(H,26,29,31)/b21-16-. The number of carbonyl (C=O) groups excluding carboxylic acids is 3. The molecule has 0 radical (unpaired) electrons. The molecule has 1 aromatic heterocycles. The summed E-state index contributed by atoms with van der Waals surface area (Å²) in [5, 5.41) is 2.16. The van der Waals surface area contributed by atoms with Crippen molar-refractivity contribution in [1.82, 2.24) is 9.88 Å². The third-order valence-corrected chi connectivity index (χ3v) is 4.90. The molecule has 0 bridgehead atoms. The van der Waals surface area contributed by atoms with Crippen molar-refractivity contribution in [2.75, 3.05) is 11.5 Å². The Balaban J connectivity index is 1.48. The van der Waals surface area contributed by atoms with Crippen LogP contribution < -0.4 is 15.0 Å². The zero-order chi connectivity index (χ0) is 22.5. The van der Waals surface area contributed by atoms with Gasteiger partial charge >= 0.3 is 6.03 Å². The summed E-state index contributed by atoms with van der Waals surface area (Å²) in [7, 11) is 0. The van der Waals surface area contributed by atoms with Crippen molar-refractivity contribution in [3.05, 3.63) is 90.0 Å². The van der Waals surface area contributed by atoms with Gasteiger partial charge < -0.3 is 9.30 Å². The van der Waals surface area contributed by atoms with E-state index in [0.717, 1.165) is 22.8 Å². The third-order valence-electron chi connectivity index (χ3n) is 4.90. The smallest absolute Gasteiger partial charge is 0.335 e. The lowest BCUT2D eigenvalue weighted by molar-refractivity contribution is -0.122. The number of carbonyl (C=O) groups is 3. The number of urea groups is 1. The molecule has 2 heterocycles. The topological polar surface area (TPSA) is 80.6 Å². The molecule has 1 aliphatic heterocycles. The minimum Gasteiger partial charge on any atom is -0.494 e. The van der Waals surface area contributed by atoms with Crippen LogP contribution in [0.2, 0.25) is 0 Å². The van der Waals surface area contributed by atoms with Gasteiger partial charge in [-0.1, -0.05) is 18.2 Å². The summed E-state index contributed by atoms with van der Waals surface area (Å²) in [5.41, 5.74) is 0.617. The first-order valence-corrected chi connectivity index (χ1v) is 10.0. The molecule has 4 rings (SSSR count). The van der Waals surface area contributed by atoms with Gasteiger partial charge in [-0.05, 0) is 61.0 Å². The summed E-state index contributed by atoms with van der Waals surface area (Å²) in [6.07, 6.45) is 3.99. The Hall–Kier alpha value is -4.20. The molecule has 1 aliphatic rings. The Kier molecular flexibility index (Phi) is 6.12. The summed E-state index contributed by atoms with van der Waals surface area (Å²) < 4.78 is 20.8. The van der Waals surface area contributed by atoms with Crippen molar-refractivity contribution in [2.45, 2.75) is 13.0 Å². The molecule has 0 saturated carbocycles. The van der Waals surface area contributed by atoms with Crippen LogP contribution in [0.5, 0.6) is 5.75 Å². The van der Waals surface area contributed by atoms with Gasteiger partial charge in [-0.2, -0.15) is 0 Å². The lowest BCUT2D eigenvalue weighted by Gasteiger charge is -2.26. The predicted molar refractivity (Wildman–Crippen MR) is 116 cm³/mol. The first-order chi connectivity index (χ1) is 15.5. The van der Waals surface area contributed by atoms with Crippen LogP contribution in [0.1, 0.15) is 12.1 Å². The Labute approximate surface area is 183 Å². The number of barbiturate groups is 1. The zero-order valence-corrected chi connectivity index (χ0v) is 17.0. The first-order valence-electron chi connectivity index (χ1n) is 10.0. The summed E-state index contributed by atoms with van der Waals surface area (Å²) in [6.45, 7) is 1.11. The maximum atomic E-state index is 13.2. The largest absolute Gasteiger partial charge is 0.494 e. The van der Waals surface area contributed by atoms with Crippen LogP contribution >= 0.6 is 0 Å². The number of rotatable bonds is 7. The zero-order valence-electron chi connectivity index (χ0n) is 17.0. The minimum atomic E-state index is -0.878. The monoisotopic (exact) mass is 433 g/mol. The number of imide groups is 2. The van der Waals surface area contributed by atoms with E-state index in [0.29, 0.717) is 25.3 Å². The molecular formula is C24H20FN3O4. The summed E-state index contributed by atoms with van der Waals surface area (Å²) in [4.78, 5) is 38.4. The summed E-state index contributed by atoms with van der Waals surface area (Å²) in [5.74, 6) is -1.26. The lowest BCUT2D eigenvalue weighted by Crippen LogP contribution is -2.54. The number of nitrogens with one attached hydrogen (secondary N) is 1. The highest BCUT2D eigenvalue weighted by Crippen LogP contribution is 2.22. The highest BCUT2D eigenvalue weighted by Gasteiger charge is 2.36. The molecule has 32 heavy (non-hydrogen) atoms. The van der Waals surface area contributed by atoms with Gasteiger partial charge in [0.05, 0.1) is 12.3 Å². The van der Waals surface area contributed by atoms with E-state index in [9.17, 15) is 18.8 Å². The predicted octanol–water partition coefficient (Wildman–Crippen LogP) is 3.76. The molecule has 4 amide bonds. The Morgan fingerprint density at radius 2 is 1.69 bits per heavy atom. The average molecular weight is 433 g/mol. The molecule has 1 fully saturated rings. The second kappa shape index (κ2) is 9.30. The van der Waals surface area contributed by atoms with Crippen molar-refractivity contribution >= 4 is 29.6 Å². The van der Waals surface area contributed by atoms with Crippen molar-refractivity contribution in [3.63, 3.8) is 0 Å². The fourth-order valence-electron chi connectivity index (χ4n) is 3.33. The number of benzene rings is 2. The van der Waals surface area contributed by atoms with Crippen molar-refractivity contribution in [3.8, 4) is 5.75 Å². The average Bonchev–Trinajstić information content (AvgIpc) is 3.23. The van der Waals surface area contributed by atoms with E-state index in [1.54, 1.807) is 12.1 Å². The molecule has 8 heteroatoms. The van der Waals surface area contributed by atoms with Crippen molar-refractivity contribution in [1.29, 1.82) is 0 Å². The van der Waals surface area contributed by atoms with Crippen LogP contribution in [-0.2, 0) is 16.1 Å². The summed E-state index contributed by atoms with van der Waals surface area (Å²) >= 11 is 0. The fraction of sp³-hybridized carbons (Fsp3) is 0.125. The number of hydrogen-bond donors (Lipinski definition) is 1. The Morgan fingerprint density at radius 3 is 2.44 bits per heavy atom. The number of aryl methyl sites for hydroxylation is 1. The van der Waals surface area contributed by atoms with Crippen LogP contribution in [0.15, 0.2) is 78.5 Å². The Morgan fingerprint density at radius 1 is 0.938 bits per heavy atom. The third kappa shape index (κ3) is 4.59. The molecule has 7 nitrogen and oxygen atoms in total. The molecule has 1 saturated heterocycles. The van der Waals surface area contributed by atoms with E-state index < -0.39 is 23.7 Å². The van der Waals surface area contributed by atoms with Gasteiger partial charge in [0.15, 0.2) is 0 Å². The molecule has 0 atom stereocenters. The maximum Gasteiger partial charge on any atom is 0.335 e. The molecule has 1 N–H and O–H groups in total. The van der Waals surface area contributed by atoms with Gasteiger partial charge in [0.25, 0.3) is 11.8 Å². The van der Waals surface area contributed by atoms with Gasteiger partial charge in [-0.3, -0.25) is 14.9 Å². The molecule has 162 valence electrons. The lowest BCUT2D eigenvalue weighted by atomic mass is 10.1. The quantitative estimate of drug-likeness (QED) is 0.350. The number of ether oxygens (including phenoxy) is 1. The van der Waals surface area contributed by atoms with Crippen LogP contribution in [0, 0.1) is 5.82 Å². The number of nitrogens with zero attached hydrogens (tertiary/aromatic N) is 2. The number of amides is 4. The van der Waals surface area contributed by atoms with E-state index in [1.807, 2.05) is 41.1 Å². The minimum absolute atomic E-state index is 0.167. The number of anilines is 1. The fourth-order valence-corrected chi connectivity index (χ4v) is 3.33. The van der Waals surface area contributed by atoms with E-state index in [2.05, 4.69) is 5.32 Å². The van der Waals surface area contributed by atoms with Crippen LogP contribution in [0.3, 0.4) is 0 Å². The number of hydrogen-bond acceptors (Lipinski definition) is 4. The van der Waals surface area contributed by atoms with Crippen LogP contribution in [-0.4, -0.2) is 29.0 Å². The second-order valence-corrected chi connectivity index (χ2v) is 7.08. The number of aromatic nitrogens is 1. The van der Waals surface area contributed by atoms with Gasteiger partial charge in [0.2, 0.25) is 0 Å². The Bertz CT molecular complexity index is 1170. The van der Waals surface area contributed by atoms with E-state index >= 15 is 0 Å². The molecule has 2 aromatic carbocycles.